The molecule has 0 aromatic carbocycles. The first-order chi connectivity index (χ1) is 9.71. The maximum absolute atomic E-state index is 12.3. The summed E-state index contributed by atoms with van der Waals surface area (Å²) in [7, 11) is 0. The number of amides is 1. The fourth-order valence-electron chi connectivity index (χ4n) is 2.71. The minimum Gasteiger partial charge on any atom is -0.480 e. The lowest BCUT2D eigenvalue weighted by molar-refractivity contribution is -0.137. The minimum absolute atomic E-state index is 0.0506. The number of hydrogen-bond acceptors (Lipinski definition) is 3. The maximum Gasteiger partial charge on any atom is 0.325 e. The molecule has 1 fully saturated rings. The van der Waals surface area contributed by atoms with Gasteiger partial charge in [-0.15, -0.1) is 0 Å². The van der Waals surface area contributed by atoms with Crippen LogP contribution in [0.1, 0.15) is 27.7 Å². The van der Waals surface area contributed by atoms with E-state index in [9.17, 15) is 9.59 Å². The first-order valence-electron chi connectivity index (χ1n) is 6.93. The molecule has 1 saturated carbocycles. The van der Waals surface area contributed by atoms with Gasteiger partial charge in [0.2, 0.25) is 5.91 Å². The average Bonchev–Trinajstić information content (AvgIpc) is 2.67. The Morgan fingerprint density at radius 2 is 2.14 bits per heavy atom. The largest absolute Gasteiger partial charge is 0.480 e. The second-order valence-electron chi connectivity index (χ2n) is 6.35. The number of nitrogens with zero attached hydrogens (tertiary/aromatic N) is 2. The van der Waals surface area contributed by atoms with Crippen molar-refractivity contribution in [3.8, 4) is 0 Å². The molecule has 1 aliphatic rings. The zero-order valence-corrected chi connectivity index (χ0v) is 12.8. The van der Waals surface area contributed by atoms with Crippen molar-refractivity contribution in [2.75, 3.05) is 5.32 Å². The Morgan fingerprint density at radius 3 is 2.71 bits per heavy atom. The average molecular weight is 291 g/mol. The minimum atomic E-state index is -0.970. The van der Waals surface area contributed by atoms with E-state index in [1.165, 1.54) is 16.5 Å². The normalized spacial score (nSPS) is 22.5. The van der Waals surface area contributed by atoms with Gasteiger partial charge in [-0.2, -0.15) is 5.10 Å². The Labute approximate surface area is 123 Å². The van der Waals surface area contributed by atoms with Crippen LogP contribution in [0.2, 0.25) is 0 Å². The number of carbonyl (C=O) groups excluding carboxylic acids is 1. The molecule has 0 aliphatic heterocycles. The van der Waals surface area contributed by atoms with E-state index in [1.807, 2.05) is 13.8 Å². The molecule has 2 N–H and O–H groups in total. The number of carboxylic acid groups (broad SMARTS) is 1. The van der Waals surface area contributed by atoms with Crippen LogP contribution >= 0.6 is 0 Å². The Morgan fingerprint density at radius 1 is 1.48 bits per heavy atom. The standard InChI is InChI=1S/C15H21N3O3/c1-9(2)7-10-13(15(10,3)4)14(21)16-11-5-6-18(17-11)8-12(19)20/h5-7,10,13H,8H2,1-4H3,(H,19,20)(H,16,17,21)/t10-,13+/m0/s1. The van der Waals surface area contributed by atoms with Crippen molar-refractivity contribution in [2.45, 2.75) is 34.2 Å². The number of allylic oxidation sites excluding steroid dienone is 2. The van der Waals surface area contributed by atoms with E-state index in [4.69, 9.17) is 5.11 Å². The van der Waals surface area contributed by atoms with Gasteiger partial charge in [0.05, 0.1) is 5.92 Å². The van der Waals surface area contributed by atoms with Gasteiger partial charge in [-0.05, 0) is 25.2 Å². The van der Waals surface area contributed by atoms with E-state index in [1.54, 1.807) is 6.07 Å². The molecule has 6 nitrogen and oxygen atoms in total. The van der Waals surface area contributed by atoms with Gasteiger partial charge in [-0.1, -0.05) is 25.5 Å². The first kappa shape index (κ1) is 15.3. The maximum atomic E-state index is 12.3. The van der Waals surface area contributed by atoms with Gasteiger partial charge >= 0.3 is 5.97 Å². The number of nitrogens with one attached hydrogen (secondary N) is 1. The lowest BCUT2D eigenvalue weighted by Gasteiger charge is -2.03. The summed E-state index contributed by atoms with van der Waals surface area (Å²) in [4.78, 5) is 22.9. The van der Waals surface area contributed by atoms with Crippen LogP contribution in [0.5, 0.6) is 0 Å². The van der Waals surface area contributed by atoms with Crippen molar-refractivity contribution in [1.82, 2.24) is 9.78 Å². The Hall–Kier alpha value is -2.11. The molecule has 6 heteroatoms. The number of aromatic nitrogens is 2. The fourth-order valence-corrected chi connectivity index (χ4v) is 2.71. The molecule has 1 heterocycles. The predicted octanol–water partition coefficient (Wildman–Crippen LogP) is 2.14. The van der Waals surface area contributed by atoms with Crippen LogP contribution in [0.4, 0.5) is 5.82 Å². The number of carbonyl (C=O) groups is 2. The fraction of sp³-hybridized carbons (Fsp3) is 0.533. The molecule has 0 bridgehead atoms. The van der Waals surface area contributed by atoms with Crippen molar-refractivity contribution in [1.29, 1.82) is 0 Å². The quantitative estimate of drug-likeness (QED) is 0.814. The van der Waals surface area contributed by atoms with Crippen LogP contribution in [0.25, 0.3) is 0 Å². The molecule has 1 amide bonds. The van der Waals surface area contributed by atoms with Gasteiger partial charge < -0.3 is 10.4 Å². The van der Waals surface area contributed by atoms with E-state index in [2.05, 4.69) is 30.3 Å². The van der Waals surface area contributed by atoms with Crippen molar-refractivity contribution < 1.29 is 14.7 Å². The Balaban J connectivity index is 2.01. The van der Waals surface area contributed by atoms with Crippen LogP contribution in [0.15, 0.2) is 23.9 Å². The molecule has 0 radical (unpaired) electrons. The first-order valence-corrected chi connectivity index (χ1v) is 6.93. The molecule has 0 unspecified atom stereocenters. The number of anilines is 1. The Bertz CT molecular complexity index is 597. The second kappa shape index (κ2) is 5.35. The highest BCUT2D eigenvalue weighted by atomic mass is 16.4. The van der Waals surface area contributed by atoms with Crippen LogP contribution in [-0.2, 0) is 16.1 Å². The number of rotatable bonds is 5. The van der Waals surface area contributed by atoms with E-state index in [-0.39, 0.29) is 29.7 Å². The summed E-state index contributed by atoms with van der Waals surface area (Å²) in [6.07, 6.45) is 3.67. The summed E-state index contributed by atoms with van der Waals surface area (Å²) in [6, 6.07) is 1.60. The van der Waals surface area contributed by atoms with Gasteiger partial charge in [0.1, 0.15) is 6.54 Å². The van der Waals surface area contributed by atoms with E-state index in [0.717, 1.165) is 0 Å². The number of hydrogen-bond donors (Lipinski definition) is 2. The summed E-state index contributed by atoms with van der Waals surface area (Å²) < 4.78 is 1.28. The molecule has 0 spiro atoms. The summed E-state index contributed by atoms with van der Waals surface area (Å²) in [5.41, 5.74) is 1.15. The SMILES string of the molecule is CC(C)=C[C@H]1[C@H](C(=O)Nc2ccn(CC(=O)O)n2)C1(C)C. The third-order valence-electron chi connectivity index (χ3n) is 3.90. The van der Waals surface area contributed by atoms with Crippen molar-refractivity contribution >= 4 is 17.7 Å². The molecule has 1 aromatic rings. The van der Waals surface area contributed by atoms with Crippen LogP contribution < -0.4 is 5.32 Å². The molecule has 2 rings (SSSR count). The molecular weight excluding hydrogens is 270 g/mol. The molecule has 114 valence electrons. The van der Waals surface area contributed by atoms with E-state index >= 15 is 0 Å². The van der Waals surface area contributed by atoms with E-state index in [0.29, 0.717) is 5.82 Å². The van der Waals surface area contributed by atoms with Crippen LogP contribution in [0, 0.1) is 17.3 Å². The van der Waals surface area contributed by atoms with Gasteiger partial charge in [0, 0.05) is 12.3 Å². The summed E-state index contributed by atoms with van der Waals surface area (Å²) >= 11 is 0. The highest BCUT2D eigenvalue weighted by molar-refractivity contribution is 5.95. The third kappa shape index (κ3) is 3.32. The van der Waals surface area contributed by atoms with E-state index < -0.39 is 5.97 Å². The van der Waals surface area contributed by atoms with Gasteiger partial charge in [0.25, 0.3) is 0 Å². The third-order valence-corrected chi connectivity index (χ3v) is 3.90. The zero-order valence-electron chi connectivity index (χ0n) is 12.8. The molecule has 1 aliphatic carbocycles. The lowest BCUT2D eigenvalue weighted by atomic mass is 10.1. The molecule has 0 saturated heterocycles. The topological polar surface area (TPSA) is 84.2 Å². The van der Waals surface area contributed by atoms with Gasteiger partial charge in [0.15, 0.2) is 5.82 Å². The zero-order chi connectivity index (χ0) is 15.8. The monoisotopic (exact) mass is 291 g/mol. The van der Waals surface area contributed by atoms with Crippen molar-refractivity contribution in [2.24, 2.45) is 17.3 Å². The van der Waals surface area contributed by atoms with Crippen molar-refractivity contribution in [3.05, 3.63) is 23.9 Å². The number of aliphatic carboxylic acids is 1. The molecule has 1 aromatic heterocycles. The van der Waals surface area contributed by atoms with Crippen LogP contribution in [-0.4, -0.2) is 26.8 Å². The van der Waals surface area contributed by atoms with Crippen molar-refractivity contribution in [3.63, 3.8) is 0 Å². The van der Waals surface area contributed by atoms with Gasteiger partial charge in [-0.3, -0.25) is 14.3 Å². The van der Waals surface area contributed by atoms with Crippen LogP contribution in [0.3, 0.4) is 0 Å². The highest BCUT2D eigenvalue weighted by Gasteiger charge is 2.60. The number of carboxylic acids is 1. The predicted molar refractivity (Wildman–Crippen MR) is 78.7 cm³/mol. The Kier molecular flexibility index (Phi) is 3.89. The lowest BCUT2D eigenvalue weighted by Crippen LogP contribution is -2.18. The highest BCUT2D eigenvalue weighted by Crippen LogP contribution is 2.59. The molecular formula is C15H21N3O3. The summed E-state index contributed by atoms with van der Waals surface area (Å²) in [5.74, 6) is -0.480. The molecule has 2 atom stereocenters. The summed E-state index contributed by atoms with van der Waals surface area (Å²) in [6.45, 7) is 7.98. The summed E-state index contributed by atoms with van der Waals surface area (Å²) in [5, 5.41) is 15.5. The second-order valence-corrected chi connectivity index (χ2v) is 6.35. The van der Waals surface area contributed by atoms with Gasteiger partial charge in [-0.25, -0.2) is 0 Å². The smallest absolute Gasteiger partial charge is 0.325 e. The molecule has 21 heavy (non-hydrogen) atoms.